The van der Waals surface area contributed by atoms with Gasteiger partial charge in [0.1, 0.15) is 6.04 Å². The van der Waals surface area contributed by atoms with Crippen LogP contribution in [0.2, 0.25) is 0 Å². The van der Waals surface area contributed by atoms with Gasteiger partial charge in [-0.25, -0.2) is 0 Å². The molecule has 1 aliphatic rings. The van der Waals surface area contributed by atoms with Crippen LogP contribution in [0.25, 0.3) is 0 Å². The Kier molecular flexibility index (Phi) is 4.90. The predicted molar refractivity (Wildman–Crippen MR) is 53.3 cm³/mol. The van der Waals surface area contributed by atoms with Gasteiger partial charge in [0.25, 0.3) is 0 Å². The molecule has 1 saturated heterocycles. The van der Waals surface area contributed by atoms with E-state index in [0.29, 0.717) is 6.04 Å². The molecule has 4 nitrogen and oxygen atoms in total. The molecule has 1 fully saturated rings. The van der Waals surface area contributed by atoms with E-state index in [1.54, 1.807) is 7.11 Å². The lowest BCUT2D eigenvalue weighted by Crippen LogP contribution is -2.46. The molecule has 0 bridgehead atoms. The fraction of sp³-hybridized carbons (Fsp3) is 0.900. The molecule has 82 valence electrons. The van der Waals surface area contributed by atoms with Crippen molar-refractivity contribution in [3.8, 4) is 0 Å². The van der Waals surface area contributed by atoms with Gasteiger partial charge in [-0.05, 0) is 32.1 Å². The molecule has 1 heterocycles. The molecule has 0 aliphatic carbocycles. The van der Waals surface area contributed by atoms with Crippen LogP contribution in [0.5, 0.6) is 0 Å². The van der Waals surface area contributed by atoms with Crippen LogP contribution >= 0.6 is 0 Å². The summed E-state index contributed by atoms with van der Waals surface area (Å²) < 4.78 is 4.96. The number of hydrogen-bond acceptors (Lipinski definition) is 3. The number of ether oxygens (including phenoxy) is 1. The zero-order valence-electron chi connectivity index (χ0n) is 8.66. The number of carboxylic acid groups (broad SMARTS) is 1. The molecular formula is C10H19NO3. The second kappa shape index (κ2) is 5.98. The normalized spacial score (nSPS) is 27.5. The number of methoxy groups -OCH3 is 1. The maximum absolute atomic E-state index is 10.7. The van der Waals surface area contributed by atoms with Crippen LogP contribution in [0.4, 0.5) is 0 Å². The first-order valence-corrected chi connectivity index (χ1v) is 5.22. The summed E-state index contributed by atoms with van der Waals surface area (Å²) in [5.41, 5.74) is 0. The van der Waals surface area contributed by atoms with Crippen molar-refractivity contribution in [3.05, 3.63) is 0 Å². The summed E-state index contributed by atoms with van der Waals surface area (Å²) in [5, 5.41) is 12.0. The van der Waals surface area contributed by atoms with Gasteiger partial charge < -0.3 is 15.2 Å². The predicted octanol–water partition coefficient (Wildman–Crippen LogP) is 1.01. The minimum Gasteiger partial charge on any atom is -0.480 e. The molecule has 1 rings (SSSR count). The van der Waals surface area contributed by atoms with Gasteiger partial charge in [0, 0.05) is 19.8 Å². The van der Waals surface area contributed by atoms with Crippen LogP contribution < -0.4 is 5.32 Å². The average Bonchev–Trinajstić information content (AvgIpc) is 2.19. The Morgan fingerprint density at radius 1 is 1.57 bits per heavy atom. The summed E-state index contributed by atoms with van der Waals surface area (Å²) in [6.07, 6.45) is 4.88. The van der Waals surface area contributed by atoms with Crippen LogP contribution in [0, 0.1) is 0 Å². The minimum atomic E-state index is -0.721. The molecule has 4 heteroatoms. The Labute approximate surface area is 84.6 Å². The van der Waals surface area contributed by atoms with Crippen molar-refractivity contribution in [2.75, 3.05) is 13.7 Å². The van der Waals surface area contributed by atoms with E-state index in [0.717, 1.165) is 38.7 Å². The lowest BCUT2D eigenvalue weighted by molar-refractivity contribution is -0.140. The van der Waals surface area contributed by atoms with Crippen molar-refractivity contribution in [3.63, 3.8) is 0 Å². The highest BCUT2D eigenvalue weighted by atomic mass is 16.5. The second-order valence-corrected chi connectivity index (χ2v) is 3.82. The fourth-order valence-electron chi connectivity index (χ4n) is 1.92. The number of carbonyl (C=O) groups is 1. The average molecular weight is 201 g/mol. The Morgan fingerprint density at radius 3 is 3.00 bits per heavy atom. The van der Waals surface area contributed by atoms with Gasteiger partial charge in [0.2, 0.25) is 0 Å². The molecule has 2 unspecified atom stereocenters. The highest BCUT2D eigenvalue weighted by Gasteiger charge is 2.25. The maximum atomic E-state index is 10.7. The van der Waals surface area contributed by atoms with Crippen LogP contribution in [-0.4, -0.2) is 36.9 Å². The molecule has 0 spiro atoms. The van der Waals surface area contributed by atoms with Crippen LogP contribution in [-0.2, 0) is 9.53 Å². The van der Waals surface area contributed by atoms with E-state index in [1.807, 2.05) is 0 Å². The summed E-state index contributed by atoms with van der Waals surface area (Å²) in [4.78, 5) is 10.7. The first kappa shape index (κ1) is 11.5. The smallest absolute Gasteiger partial charge is 0.320 e. The Hall–Kier alpha value is -0.610. The van der Waals surface area contributed by atoms with E-state index in [2.05, 4.69) is 5.32 Å². The van der Waals surface area contributed by atoms with E-state index in [-0.39, 0.29) is 6.04 Å². The molecule has 2 atom stereocenters. The van der Waals surface area contributed by atoms with Crippen molar-refractivity contribution >= 4 is 5.97 Å². The van der Waals surface area contributed by atoms with Crippen molar-refractivity contribution in [2.45, 2.75) is 44.2 Å². The standard InChI is InChI=1S/C10H19NO3/c1-14-7-3-5-8-4-2-6-9(11-8)10(12)13/h8-9,11H,2-7H2,1H3,(H,12,13). The number of carboxylic acids is 1. The highest BCUT2D eigenvalue weighted by molar-refractivity contribution is 5.73. The number of rotatable bonds is 5. The summed E-state index contributed by atoms with van der Waals surface area (Å²) in [6, 6.07) is 0.0243. The lowest BCUT2D eigenvalue weighted by atomic mass is 9.96. The molecule has 0 aromatic rings. The molecule has 2 N–H and O–H groups in total. The zero-order chi connectivity index (χ0) is 10.4. The Bertz CT molecular complexity index is 184. The molecular weight excluding hydrogens is 182 g/mol. The van der Waals surface area contributed by atoms with Gasteiger partial charge in [0.05, 0.1) is 0 Å². The fourth-order valence-corrected chi connectivity index (χ4v) is 1.92. The quantitative estimate of drug-likeness (QED) is 0.652. The van der Waals surface area contributed by atoms with Crippen LogP contribution in [0.15, 0.2) is 0 Å². The molecule has 0 radical (unpaired) electrons. The number of hydrogen-bond donors (Lipinski definition) is 2. The van der Waals surface area contributed by atoms with Crippen molar-refractivity contribution < 1.29 is 14.6 Å². The number of nitrogens with one attached hydrogen (secondary N) is 1. The monoisotopic (exact) mass is 201 g/mol. The largest absolute Gasteiger partial charge is 0.480 e. The topological polar surface area (TPSA) is 58.6 Å². The van der Waals surface area contributed by atoms with Gasteiger partial charge in [-0.15, -0.1) is 0 Å². The summed E-state index contributed by atoms with van der Waals surface area (Å²) in [6.45, 7) is 0.760. The van der Waals surface area contributed by atoms with Crippen LogP contribution in [0.1, 0.15) is 32.1 Å². The molecule has 0 aromatic heterocycles. The van der Waals surface area contributed by atoms with E-state index < -0.39 is 5.97 Å². The Morgan fingerprint density at radius 2 is 2.36 bits per heavy atom. The van der Waals surface area contributed by atoms with Gasteiger partial charge in [-0.3, -0.25) is 4.79 Å². The first-order chi connectivity index (χ1) is 6.74. The highest BCUT2D eigenvalue weighted by Crippen LogP contribution is 2.16. The lowest BCUT2D eigenvalue weighted by Gasteiger charge is -2.28. The van der Waals surface area contributed by atoms with Gasteiger partial charge >= 0.3 is 5.97 Å². The third-order valence-corrected chi connectivity index (χ3v) is 2.68. The third kappa shape index (κ3) is 3.64. The molecule has 0 saturated carbocycles. The van der Waals surface area contributed by atoms with Crippen molar-refractivity contribution in [1.29, 1.82) is 0 Å². The van der Waals surface area contributed by atoms with E-state index >= 15 is 0 Å². The first-order valence-electron chi connectivity index (χ1n) is 5.22. The second-order valence-electron chi connectivity index (χ2n) is 3.82. The molecule has 0 aromatic carbocycles. The zero-order valence-corrected chi connectivity index (χ0v) is 8.66. The molecule has 0 amide bonds. The van der Waals surface area contributed by atoms with Crippen LogP contribution in [0.3, 0.4) is 0 Å². The van der Waals surface area contributed by atoms with E-state index in [9.17, 15) is 4.79 Å². The minimum absolute atomic E-state index is 0.337. The van der Waals surface area contributed by atoms with Gasteiger partial charge in [-0.2, -0.15) is 0 Å². The maximum Gasteiger partial charge on any atom is 0.320 e. The van der Waals surface area contributed by atoms with E-state index in [4.69, 9.17) is 9.84 Å². The summed E-state index contributed by atoms with van der Waals surface area (Å²) >= 11 is 0. The Balaban J connectivity index is 2.22. The SMILES string of the molecule is COCCCC1CCCC(C(=O)O)N1. The summed E-state index contributed by atoms with van der Waals surface area (Å²) in [7, 11) is 1.69. The molecule has 14 heavy (non-hydrogen) atoms. The van der Waals surface area contributed by atoms with Crippen molar-refractivity contribution in [1.82, 2.24) is 5.32 Å². The summed E-state index contributed by atoms with van der Waals surface area (Å²) in [5.74, 6) is -0.721. The third-order valence-electron chi connectivity index (χ3n) is 2.68. The van der Waals surface area contributed by atoms with E-state index in [1.165, 1.54) is 0 Å². The molecule has 1 aliphatic heterocycles. The van der Waals surface area contributed by atoms with Gasteiger partial charge in [0.15, 0.2) is 0 Å². The van der Waals surface area contributed by atoms with Crippen molar-refractivity contribution in [2.24, 2.45) is 0 Å². The number of aliphatic carboxylic acids is 1. The van der Waals surface area contributed by atoms with Gasteiger partial charge in [-0.1, -0.05) is 0 Å². The number of piperidine rings is 1.